The lowest BCUT2D eigenvalue weighted by Crippen LogP contribution is -2.35. The van der Waals surface area contributed by atoms with E-state index in [4.69, 9.17) is 4.74 Å². The van der Waals surface area contributed by atoms with Crippen LogP contribution in [0.2, 0.25) is 0 Å². The molecular formula is C19H22N6O. The lowest BCUT2D eigenvalue weighted by atomic mass is 10.1. The van der Waals surface area contributed by atoms with Gasteiger partial charge in [0.2, 0.25) is 0 Å². The van der Waals surface area contributed by atoms with E-state index in [2.05, 4.69) is 49.5 Å². The highest BCUT2D eigenvalue weighted by molar-refractivity contribution is 5.37. The predicted molar refractivity (Wildman–Crippen MR) is 99.0 cm³/mol. The van der Waals surface area contributed by atoms with Crippen molar-refractivity contribution in [2.75, 3.05) is 31.6 Å². The van der Waals surface area contributed by atoms with Crippen molar-refractivity contribution in [1.29, 1.82) is 0 Å². The zero-order chi connectivity index (χ0) is 17.6. The minimum atomic E-state index is 0.695. The second-order valence-corrected chi connectivity index (χ2v) is 6.27. The smallest absolute Gasteiger partial charge is 0.173 e. The summed E-state index contributed by atoms with van der Waals surface area (Å²) < 4.78 is 7.09. The molecule has 26 heavy (non-hydrogen) atoms. The highest BCUT2D eigenvalue weighted by Crippen LogP contribution is 2.11. The molecule has 2 aromatic heterocycles. The van der Waals surface area contributed by atoms with Crippen molar-refractivity contribution in [1.82, 2.24) is 24.6 Å². The SMILES string of the molecule is c1cnn(-c2cncc(NCc3ccc(CN4CCOCC4)cc3)n2)c1. The average molecular weight is 350 g/mol. The number of hydrogen-bond donors (Lipinski definition) is 1. The highest BCUT2D eigenvalue weighted by Gasteiger charge is 2.10. The Balaban J connectivity index is 1.34. The number of morpholine rings is 1. The average Bonchev–Trinajstić information content (AvgIpc) is 3.23. The van der Waals surface area contributed by atoms with Crippen LogP contribution in [0.3, 0.4) is 0 Å². The molecule has 1 saturated heterocycles. The molecule has 3 aromatic rings. The van der Waals surface area contributed by atoms with Gasteiger partial charge in [0.05, 0.1) is 25.6 Å². The number of nitrogens with zero attached hydrogens (tertiary/aromatic N) is 5. The first-order chi connectivity index (χ1) is 12.9. The van der Waals surface area contributed by atoms with Gasteiger partial charge in [0.1, 0.15) is 5.82 Å². The Morgan fingerprint density at radius 2 is 1.85 bits per heavy atom. The molecule has 0 spiro atoms. The summed E-state index contributed by atoms with van der Waals surface area (Å²) >= 11 is 0. The third-order valence-electron chi connectivity index (χ3n) is 4.37. The molecule has 1 aromatic carbocycles. The fourth-order valence-corrected chi connectivity index (χ4v) is 2.93. The van der Waals surface area contributed by atoms with Gasteiger partial charge in [-0.1, -0.05) is 24.3 Å². The van der Waals surface area contributed by atoms with Crippen LogP contribution in [0.5, 0.6) is 0 Å². The molecule has 1 fully saturated rings. The molecule has 4 rings (SSSR count). The summed E-state index contributed by atoms with van der Waals surface area (Å²) in [5, 5.41) is 7.50. The van der Waals surface area contributed by atoms with Gasteiger partial charge in [-0.15, -0.1) is 0 Å². The normalized spacial score (nSPS) is 15.1. The number of hydrogen-bond acceptors (Lipinski definition) is 6. The van der Waals surface area contributed by atoms with Crippen molar-refractivity contribution in [3.8, 4) is 5.82 Å². The molecule has 0 atom stereocenters. The Bertz CT molecular complexity index is 812. The summed E-state index contributed by atoms with van der Waals surface area (Å²) in [7, 11) is 0. The summed E-state index contributed by atoms with van der Waals surface area (Å²) in [6.07, 6.45) is 6.99. The topological polar surface area (TPSA) is 68.1 Å². The third-order valence-corrected chi connectivity index (χ3v) is 4.37. The molecule has 7 heteroatoms. The minimum Gasteiger partial charge on any atom is -0.379 e. The molecule has 0 bridgehead atoms. The van der Waals surface area contributed by atoms with Gasteiger partial charge in [-0.05, 0) is 17.2 Å². The highest BCUT2D eigenvalue weighted by atomic mass is 16.5. The summed E-state index contributed by atoms with van der Waals surface area (Å²) in [5.41, 5.74) is 2.54. The Morgan fingerprint density at radius 3 is 2.62 bits per heavy atom. The second-order valence-electron chi connectivity index (χ2n) is 6.27. The Morgan fingerprint density at radius 1 is 1.04 bits per heavy atom. The predicted octanol–water partition coefficient (Wildman–Crippen LogP) is 2.11. The largest absolute Gasteiger partial charge is 0.379 e. The van der Waals surface area contributed by atoms with Gasteiger partial charge in [-0.2, -0.15) is 5.10 Å². The van der Waals surface area contributed by atoms with Crippen LogP contribution in [0, 0.1) is 0 Å². The number of nitrogens with one attached hydrogen (secondary N) is 1. The van der Waals surface area contributed by atoms with E-state index in [0.717, 1.165) is 38.7 Å². The number of ether oxygens (including phenoxy) is 1. The number of anilines is 1. The quantitative estimate of drug-likeness (QED) is 0.734. The fourth-order valence-electron chi connectivity index (χ4n) is 2.93. The van der Waals surface area contributed by atoms with E-state index in [-0.39, 0.29) is 0 Å². The van der Waals surface area contributed by atoms with Crippen LogP contribution in [-0.4, -0.2) is 51.0 Å². The molecule has 1 aliphatic rings. The number of rotatable bonds is 6. The van der Waals surface area contributed by atoms with Crippen molar-refractivity contribution in [3.63, 3.8) is 0 Å². The van der Waals surface area contributed by atoms with Crippen LogP contribution in [0.1, 0.15) is 11.1 Å². The lowest BCUT2D eigenvalue weighted by molar-refractivity contribution is 0.0342. The summed E-state index contributed by atoms with van der Waals surface area (Å²) in [4.78, 5) is 11.2. The Labute approximate surface area is 152 Å². The molecule has 0 unspecified atom stereocenters. The molecule has 1 N–H and O–H groups in total. The van der Waals surface area contributed by atoms with Gasteiger partial charge in [0, 0.05) is 38.6 Å². The standard InChI is InChI=1S/C19H22N6O/c1-6-22-25(7-1)19-14-20-13-18(23-19)21-12-16-2-4-17(5-3-16)15-24-8-10-26-11-9-24/h1-7,13-14H,8-12,15H2,(H,21,23). The van der Waals surface area contributed by atoms with Crippen molar-refractivity contribution in [2.24, 2.45) is 0 Å². The van der Waals surface area contributed by atoms with E-state index in [1.807, 2.05) is 12.3 Å². The summed E-state index contributed by atoms with van der Waals surface area (Å²) in [6, 6.07) is 10.6. The first kappa shape index (κ1) is 16.7. The van der Waals surface area contributed by atoms with Crippen molar-refractivity contribution >= 4 is 5.82 Å². The zero-order valence-corrected chi connectivity index (χ0v) is 14.6. The summed E-state index contributed by atoms with van der Waals surface area (Å²) in [5.74, 6) is 1.43. The maximum atomic E-state index is 5.40. The zero-order valence-electron chi connectivity index (χ0n) is 14.6. The van der Waals surface area contributed by atoms with Gasteiger partial charge in [0.15, 0.2) is 5.82 Å². The van der Waals surface area contributed by atoms with Crippen molar-refractivity contribution in [3.05, 3.63) is 66.2 Å². The molecule has 0 aliphatic carbocycles. The third kappa shape index (κ3) is 4.25. The molecule has 0 saturated carbocycles. The molecular weight excluding hydrogens is 328 g/mol. The van der Waals surface area contributed by atoms with E-state index >= 15 is 0 Å². The first-order valence-corrected chi connectivity index (χ1v) is 8.81. The lowest BCUT2D eigenvalue weighted by Gasteiger charge is -2.26. The molecule has 0 radical (unpaired) electrons. The van der Waals surface area contributed by atoms with Crippen LogP contribution in [0.25, 0.3) is 5.82 Å². The number of benzene rings is 1. The van der Waals surface area contributed by atoms with E-state index < -0.39 is 0 Å². The van der Waals surface area contributed by atoms with E-state index in [9.17, 15) is 0 Å². The van der Waals surface area contributed by atoms with Crippen LogP contribution in [0.15, 0.2) is 55.1 Å². The van der Waals surface area contributed by atoms with Crippen LogP contribution < -0.4 is 5.32 Å². The van der Waals surface area contributed by atoms with Crippen LogP contribution >= 0.6 is 0 Å². The van der Waals surface area contributed by atoms with Gasteiger partial charge in [-0.3, -0.25) is 9.88 Å². The molecule has 1 aliphatic heterocycles. The maximum absolute atomic E-state index is 5.40. The monoisotopic (exact) mass is 350 g/mol. The van der Waals surface area contributed by atoms with E-state index in [1.165, 1.54) is 11.1 Å². The Kier molecular flexibility index (Phi) is 5.18. The maximum Gasteiger partial charge on any atom is 0.173 e. The van der Waals surface area contributed by atoms with Gasteiger partial charge in [-0.25, -0.2) is 9.67 Å². The summed E-state index contributed by atoms with van der Waals surface area (Å²) in [6.45, 7) is 5.37. The van der Waals surface area contributed by atoms with E-state index in [1.54, 1.807) is 23.3 Å². The van der Waals surface area contributed by atoms with Crippen LogP contribution in [0.4, 0.5) is 5.82 Å². The van der Waals surface area contributed by atoms with E-state index in [0.29, 0.717) is 12.4 Å². The second kappa shape index (κ2) is 8.07. The number of aromatic nitrogens is 4. The first-order valence-electron chi connectivity index (χ1n) is 8.81. The van der Waals surface area contributed by atoms with Crippen LogP contribution in [-0.2, 0) is 17.8 Å². The van der Waals surface area contributed by atoms with Gasteiger partial charge < -0.3 is 10.1 Å². The molecule has 3 heterocycles. The fraction of sp³-hybridized carbons (Fsp3) is 0.316. The Hall–Kier alpha value is -2.77. The minimum absolute atomic E-state index is 0.695. The van der Waals surface area contributed by atoms with Crippen molar-refractivity contribution in [2.45, 2.75) is 13.1 Å². The van der Waals surface area contributed by atoms with Crippen molar-refractivity contribution < 1.29 is 4.74 Å². The van der Waals surface area contributed by atoms with Gasteiger partial charge in [0.25, 0.3) is 0 Å². The van der Waals surface area contributed by atoms with Gasteiger partial charge >= 0.3 is 0 Å². The molecule has 0 amide bonds. The molecule has 134 valence electrons. The molecule has 7 nitrogen and oxygen atoms in total.